The maximum Gasteiger partial charge on any atom is 0.0543 e. The molecule has 0 aliphatic carbocycles. The van der Waals surface area contributed by atoms with Crippen LogP contribution in [0.5, 0.6) is 0 Å². The Hall–Kier alpha value is -2.80. The third-order valence-corrected chi connectivity index (χ3v) is 4.26. The summed E-state index contributed by atoms with van der Waals surface area (Å²) in [6.07, 6.45) is 0. The van der Waals surface area contributed by atoms with Crippen LogP contribution in [0.3, 0.4) is 0 Å². The van der Waals surface area contributed by atoms with Gasteiger partial charge in [-0.05, 0) is 53.9 Å². The van der Waals surface area contributed by atoms with Crippen LogP contribution in [-0.4, -0.2) is 0 Å². The van der Waals surface area contributed by atoms with Gasteiger partial charge in [-0.25, -0.2) is 0 Å². The van der Waals surface area contributed by atoms with Gasteiger partial charge in [-0.2, -0.15) is 0 Å². The fourth-order valence-electron chi connectivity index (χ4n) is 3.34. The maximum atomic E-state index is 3.67. The van der Waals surface area contributed by atoms with E-state index < -0.39 is 0 Å². The summed E-state index contributed by atoms with van der Waals surface area (Å²) in [5, 5.41) is 8.71. The van der Waals surface area contributed by atoms with Crippen molar-refractivity contribution in [2.75, 3.05) is 5.32 Å². The molecular formula is C22H19N. The standard InChI is InChI=1S/C22H19N/c1-15-11-16(2)13-19(12-15)23-22-20-9-5-3-7-17(20)14-18-8-4-6-10-21(18)22/h3-14,23H,1-2H3. The van der Waals surface area contributed by atoms with Gasteiger partial charge < -0.3 is 5.32 Å². The first-order valence-corrected chi connectivity index (χ1v) is 7.96. The summed E-state index contributed by atoms with van der Waals surface area (Å²) < 4.78 is 0. The molecule has 0 amide bonds. The van der Waals surface area contributed by atoms with Crippen molar-refractivity contribution in [2.45, 2.75) is 13.8 Å². The minimum Gasteiger partial charge on any atom is -0.354 e. The highest BCUT2D eigenvalue weighted by molar-refractivity contribution is 6.12. The first kappa shape index (κ1) is 13.8. The van der Waals surface area contributed by atoms with E-state index in [0.717, 1.165) is 5.69 Å². The fraction of sp³-hybridized carbons (Fsp3) is 0.0909. The van der Waals surface area contributed by atoms with Crippen molar-refractivity contribution in [1.29, 1.82) is 0 Å². The first-order chi connectivity index (χ1) is 11.2. The second-order valence-corrected chi connectivity index (χ2v) is 6.20. The highest BCUT2D eigenvalue weighted by Gasteiger charge is 2.08. The van der Waals surface area contributed by atoms with Gasteiger partial charge in [0.1, 0.15) is 0 Å². The molecule has 4 aromatic carbocycles. The Balaban J connectivity index is 1.99. The van der Waals surface area contributed by atoms with Crippen LogP contribution in [0, 0.1) is 13.8 Å². The third kappa shape index (κ3) is 2.55. The Labute approximate surface area is 136 Å². The third-order valence-electron chi connectivity index (χ3n) is 4.26. The van der Waals surface area contributed by atoms with Gasteiger partial charge in [-0.1, -0.05) is 54.6 Å². The molecule has 0 aromatic heterocycles. The molecule has 23 heavy (non-hydrogen) atoms. The smallest absolute Gasteiger partial charge is 0.0543 e. The monoisotopic (exact) mass is 297 g/mol. The van der Waals surface area contributed by atoms with Gasteiger partial charge >= 0.3 is 0 Å². The lowest BCUT2D eigenvalue weighted by atomic mass is 10.0. The lowest BCUT2D eigenvalue weighted by molar-refractivity contribution is 1.38. The van der Waals surface area contributed by atoms with E-state index in [4.69, 9.17) is 0 Å². The first-order valence-electron chi connectivity index (χ1n) is 7.96. The van der Waals surface area contributed by atoms with Crippen molar-refractivity contribution < 1.29 is 0 Å². The average Bonchev–Trinajstić information content (AvgIpc) is 2.54. The molecule has 0 atom stereocenters. The van der Waals surface area contributed by atoms with Crippen LogP contribution in [0.25, 0.3) is 21.5 Å². The predicted molar refractivity (Wildman–Crippen MR) is 101 cm³/mol. The summed E-state index contributed by atoms with van der Waals surface area (Å²) >= 11 is 0. The SMILES string of the molecule is Cc1cc(C)cc(Nc2c3ccccc3cc3ccccc23)c1. The molecule has 112 valence electrons. The molecule has 1 heteroatoms. The number of hydrogen-bond acceptors (Lipinski definition) is 1. The lowest BCUT2D eigenvalue weighted by Crippen LogP contribution is -1.94. The predicted octanol–water partition coefficient (Wildman–Crippen LogP) is 6.35. The van der Waals surface area contributed by atoms with Gasteiger partial charge in [0.05, 0.1) is 5.69 Å². The summed E-state index contributed by atoms with van der Waals surface area (Å²) in [5.74, 6) is 0. The van der Waals surface area contributed by atoms with Gasteiger partial charge in [-0.15, -0.1) is 0 Å². The second kappa shape index (κ2) is 5.44. The molecule has 1 nitrogen and oxygen atoms in total. The molecule has 0 saturated carbocycles. The van der Waals surface area contributed by atoms with Crippen LogP contribution in [0.4, 0.5) is 11.4 Å². The molecule has 0 radical (unpaired) electrons. The Bertz CT molecular complexity index is 940. The quantitative estimate of drug-likeness (QED) is 0.425. The Morgan fingerprint density at radius 1 is 0.609 bits per heavy atom. The van der Waals surface area contributed by atoms with Crippen LogP contribution in [0.2, 0.25) is 0 Å². The van der Waals surface area contributed by atoms with Crippen LogP contribution in [0.1, 0.15) is 11.1 Å². The fourth-order valence-corrected chi connectivity index (χ4v) is 3.34. The normalized spacial score (nSPS) is 11.0. The maximum absolute atomic E-state index is 3.67. The van der Waals surface area contributed by atoms with Gasteiger partial charge in [0, 0.05) is 16.5 Å². The summed E-state index contributed by atoms with van der Waals surface area (Å²) in [6.45, 7) is 4.28. The summed E-state index contributed by atoms with van der Waals surface area (Å²) in [4.78, 5) is 0. The van der Waals surface area contributed by atoms with E-state index in [1.54, 1.807) is 0 Å². The summed E-state index contributed by atoms with van der Waals surface area (Å²) in [5.41, 5.74) is 4.88. The minimum absolute atomic E-state index is 1.14. The van der Waals surface area contributed by atoms with E-state index in [1.165, 1.54) is 38.4 Å². The summed E-state index contributed by atoms with van der Waals surface area (Å²) in [7, 11) is 0. The van der Waals surface area contributed by atoms with E-state index in [0.29, 0.717) is 0 Å². The van der Waals surface area contributed by atoms with Crippen LogP contribution < -0.4 is 5.32 Å². The van der Waals surface area contributed by atoms with E-state index in [1.807, 2.05) is 0 Å². The number of anilines is 2. The van der Waals surface area contributed by atoms with Crippen LogP contribution >= 0.6 is 0 Å². The van der Waals surface area contributed by atoms with Crippen molar-refractivity contribution in [3.63, 3.8) is 0 Å². The Morgan fingerprint density at radius 3 is 1.70 bits per heavy atom. The van der Waals surface area contributed by atoms with E-state index >= 15 is 0 Å². The van der Waals surface area contributed by atoms with Crippen molar-refractivity contribution >= 4 is 32.9 Å². The average molecular weight is 297 g/mol. The van der Waals surface area contributed by atoms with Gasteiger partial charge in [0.2, 0.25) is 0 Å². The van der Waals surface area contributed by atoms with E-state index in [-0.39, 0.29) is 0 Å². The Morgan fingerprint density at radius 2 is 1.13 bits per heavy atom. The van der Waals surface area contributed by atoms with E-state index in [2.05, 4.69) is 92.0 Å². The van der Waals surface area contributed by atoms with Crippen LogP contribution in [0.15, 0.2) is 72.8 Å². The van der Waals surface area contributed by atoms with Crippen molar-refractivity contribution in [2.24, 2.45) is 0 Å². The van der Waals surface area contributed by atoms with Crippen molar-refractivity contribution in [1.82, 2.24) is 0 Å². The zero-order chi connectivity index (χ0) is 15.8. The Kier molecular flexibility index (Phi) is 3.27. The molecule has 0 spiro atoms. The largest absolute Gasteiger partial charge is 0.354 e. The molecule has 0 aliphatic rings. The molecule has 0 bridgehead atoms. The molecule has 0 fully saturated rings. The lowest BCUT2D eigenvalue weighted by Gasteiger charge is -2.15. The zero-order valence-corrected chi connectivity index (χ0v) is 13.4. The highest BCUT2D eigenvalue weighted by atomic mass is 14.9. The minimum atomic E-state index is 1.14. The number of aryl methyl sites for hydroxylation is 2. The topological polar surface area (TPSA) is 12.0 Å². The van der Waals surface area contributed by atoms with Gasteiger partial charge in [0.15, 0.2) is 0 Å². The van der Waals surface area contributed by atoms with Crippen molar-refractivity contribution in [3.8, 4) is 0 Å². The molecule has 1 N–H and O–H groups in total. The molecule has 0 heterocycles. The molecule has 4 aromatic rings. The zero-order valence-electron chi connectivity index (χ0n) is 13.4. The molecule has 0 saturated heterocycles. The number of rotatable bonds is 2. The van der Waals surface area contributed by atoms with Crippen molar-refractivity contribution in [3.05, 3.63) is 83.9 Å². The number of nitrogens with one attached hydrogen (secondary N) is 1. The molecule has 0 unspecified atom stereocenters. The summed E-state index contributed by atoms with van der Waals surface area (Å²) in [6, 6.07) is 26.0. The van der Waals surface area contributed by atoms with Gasteiger partial charge in [0.25, 0.3) is 0 Å². The highest BCUT2D eigenvalue weighted by Crippen LogP contribution is 2.35. The van der Waals surface area contributed by atoms with Gasteiger partial charge in [-0.3, -0.25) is 0 Å². The molecule has 4 rings (SSSR count). The number of hydrogen-bond donors (Lipinski definition) is 1. The second-order valence-electron chi connectivity index (χ2n) is 6.20. The molecule has 0 aliphatic heterocycles. The van der Waals surface area contributed by atoms with E-state index in [9.17, 15) is 0 Å². The molecular weight excluding hydrogens is 278 g/mol. The number of fused-ring (bicyclic) bond motifs is 2. The number of benzene rings is 4. The van der Waals surface area contributed by atoms with Crippen LogP contribution in [-0.2, 0) is 0 Å².